The number of likely N-dealkylation sites (tertiary alicyclic amines) is 2. The maximum Gasteiger partial charge on any atom is 0.331 e. The van der Waals surface area contributed by atoms with Gasteiger partial charge in [0, 0.05) is 38.4 Å². The zero-order chi connectivity index (χ0) is 27.2. The van der Waals surface area contributed by atoms with Gasteiger partial charge in [-0.15, -0.1) is 0 Å². The van der Waals surface area contributed by atoms with Gasteiger partial charge < -0.3 is 9.80 Å². The Balaban J connectivity index is 1.35. The molecule has 3 aliphatic heterocycles. The number of hydrogen-bond acceptors (Lipinski definition) is 6. The first-order chi connectivity index (χ1) is 18.9. The molecule has 39 heavy (non-hydrogen) atoms. The average molecular weight is 551 g/mol. The molecule has 3 fully saturated rings. The number of rotatable bonds is 8. The fraction of sp³-hybridized carbons (Fsp3) is 0.467. The van der Waals surface area contributed by atoms with E-state index in [1.807, 2.05) is 65.6 Å². The highest BCUT2D eigenvalue weighted by atomic mass is 32.2. The van der Waals surface area contributed by atoms with Crippen molar-refractivity contribution in [1.82, 2.24) is 18.4 Å². The first kappa shape index (κ1) is 27.4. The molecule has 3 heterocycles. The van der Waals surface area contributed by atoms with Crippen molar-refractivity contribution in [3.05, 3.63) is 83.6 Å². The minimum absolute atomic E-state index is 0.0192. The number of benzene rings is 2. The van der Waals surface area contributed by atoms with E-state index in [0.29, 0.717) is 18.9 Å². The number of nitrogens with zero attached hydrogens (tertiary/aromatic N) is 4. The minimum atomic E-state index is -4.30. The van der Waals surface area contributed by atoms with Gasteiger partial charge in [0.2, 0.25) is 0 Å². The Morgan fingerprint density at radius 1 is 0.692 bits per heavy atom. The van der Waals surface area contributed by atoms with Crippen LogP contribution in [0, 0.1) is 0 Å². The first-order valence-electron chi connectivity index (χ1n) is 14.1. The van der Waals surface area contributed by atoms with E-state index in [4.69, 9.17) is 0 Å². The SMILES string of the molecule is O=C1C(=CN2CCC(N3CCCCC3)CC2)C(=O)N(CCc2ccccc2)S(=O)(=O)N1CCc1ccccc1. The summed E-state index contributed by atoms with van der Waals surface area (Å²) in [6, 6.07) is 19.5. The Bertz CT molecular complexity index is 1200. The van der Waals surface area contributed by atoms with E-state index in [9.17, 15) is 18.0 Å². The molecule has 2 amide bonds. The van der Waals surface area contributed by atoms with Crippen LogP contribution in [0.4, 0.5) is 0 Å². The highest BCUT2D eigenvalue weighted by molar-refractivity contribution is 7.88. The molecule has 208 valence electrons. The van der Waals surface area contributed by atoms with Gasteiger partial charge >= 0.3 is 10.2 Å². The van der Waals surface area contributed by atoms with Crippen molar-refractivity contribution in [3.8, 4) is 0 Å². The summed E-state index contributed by atoms with van der Waals surface area (Å²) in [6.07, 6.45) is 8.12. The lowest BCUT2D eigenvalue weighted by atomic mass is 10.00. The molecule has 0 radical (unpaired) electrons. The van der Waals surface area contributed by atoms with Crippen LogP contribution in [0.1, 0.15) is 43.2 Å². The molecule has 0 aromatic heterocycles. The third-order valence-corrected chi connectivity index (χ3v) is 9.89. The quantitative estimate of drug-likeness (QED) is 0.371. The molecule has 3 saturated heterocycles. The van der Waals surface area contributed by atoms with E-state index in [0.717, 1.165) is 58.8 Å². The molecule has 0 bridgehead atoms. The van der Waals surface area contributed by atoms with E-state index in [-0.39, 0.29) is 18.7 Å². The monoisotopic (exact) mass is 550 g/mol. The number of carbonyl (C=O) groups is 2. The van der Waals surface area contributed by atoms with Crippen molar-refractivity contribution in [2.45, 2.75) is 51.0 Å². The van der Waals surface area contributed by atoms with Crippen molar-refractivity contribution in [3.63, 3.8) is 0 Å². The van der Waals surface area contributed by atoms with Gasteiger partial charge in [0.15, 0.2) is 0 Å². The normalized spacial score (nSPS) is 20.9. The van der Waals surface area contributed by atoms with Gasteiger partial charge in [-0.05, 0) is 62.7 Å². The van der Waals surface area contributed by atoms with Crippen LogP contribution >= 0.6 is 0 Å². The molecule has 0 saturated carbocycles. The molecule has 0 unspecified atom stereocenters. The van der Waals surface area contributed by atoms with Crippen molar-refractivity contribution in [1.29, 1.82) is 0 Å². The fourth-order valence-corrected chi connectivity index (χ4v) is 7.33. The number of amides is 2. The second kappa shape index (κ2) is 12.3. The smallest absolute Gasteiger partial charge is 0.331 e. The van der Waals surface area contributed by atoms with Crippen LogP contribution < -0.4 is 0 Å². The molecule has 3 aliphatic rings. The summed E-state index contributed by atoms with van der Waals surface area (Å²) in [5.41, 5.74) is 1.79. The zero-order valence-electron chi connectivity index (χ0n) is 22.5. The largest absolute Gasteiger partial charge is 0.376 e. The van der Waals surface area contributed by atoms with Gasteiger partial charge in [0.1, 0.15) is 5.57 Å². The number of piperidine rings is 2. The Kier molecular flexibility index (Phi) is 8.67. The lowest BCUT2D eigenvalue weighted by Crippen LogP contribution is -2.57. The molecular formula is C30H38N4O4S. The minimum Gasteiger partial charge on any atom is -0.376 e. The molecule has 0 atom stereocenters. The Morgan fingerprint density at radius 3 is 1.67 bits per heavy atom. The van der Waals surface area contributed by atoms with E-state index in [2.05, 4.69) is 4.90 Å². The molecule has 8 nitrogen and oxygen atoms in total. The average Bonchev–Trinajstić information content (AvgIpc) is 2.97. The molecule has 0 aliphatic carbocycles. The number of hydrogen-bond donors (Lipinski definition) is 0. The molecule has 2 aromatic rings. The highest BCUT2D eigenvalue weighted by Gasteiger charge is 2.46. The van der Waals surface area contributed by atoms with Gasteiger partial charge in [-0.3, -0.25) is 9.59 Å². The van der Waals surface area contributed by atoms with Gasteiger partial charge in [-0.2, -0.15) is 8.42 Å². The lowest BCUT2D eigenvalue weighted by Gasteiger charge is -2.40. The Morgan fingerprint density at radius 2 is 1.18 bits per heavy atom. The second-order valence-corrected chi connectivity index (χ2v) is 12.4. The van der Waals surface area contributed by atoms with Gasteiger partial charge in [-0.1, -0.05) is 67.1 Å². The van der Waals surface area contributed by atoms with E-state index in [1.165, 1.54) is 19.3 Å². The maximum absolute atomic E-state index is 13.6. The summed E-state index contributed by atoms with van der Waals surface area (Å²) in [6.45, 7) is 3.74. The van der Waals surface area contributed by atoms with Gasteiger partial charge in [0.25, 0.3) is 11.8 Å². The highest BCUT2D eigenvalue weighted by Crippen LogP contribution is 2.26. The summed E-state index contributed by atoms with van der Waals surface area (Å²) in [4.78, 5) is 31.7. The maximum atomic E-state index is 13.6. The van der Waals surface area contributed by atoms with Crippen molar-refractivity contribution < 1.29 is 18.0 Å². The fourth-order valence-electron chi connectivity index (χ4n) is 5.83. The molecule has 0 N–H and O–H groups in total. The topological polar surface area (TPSA) is 81.2 Å². The summed E-state index contributed by atoms with van der Waals surface area (Å²) < 4.78 is 29.0. The molecule has 9 heteroatoms. The van der Waals surface area contributed by atoms with Crippen LogP contribution in [-0.2, 0) is 32.6 Å². The summed E-state index contributed by atoms with van der Waals surface area (Å²) in [7, 11) is -4.30. The standard InChI is InChI=1S/C30H38N4O4S/c35-29-28(24-31-20-16-27(17-21-31)32-18-8-3-9-19-32)30(36)34(23-15-26-12-6-2-7-13-26)39(37,38)33(29)22-14-25-10-4-1-5-11-25/h1-2,4-7,10-13,24,27H,3,8-9,14-23H2. The third-order valence-electron chi connectivity index (χ3n) is 8.08. The Labute approximate surface area is 232 Å². The van der Waals surface area contributed by atoms with Crippen LogP contribution in [-0.4, -0.2) is 84.0 Å². The summed E-state index contributed by atoms with van der Waals surface area (Å²) in [5, 5.41) is 0. The van der Waals surface area contributed by atoms with E-state index in [1.54, 1.807) is 6.20 Å². The number of carbonyl (C=O) groups excluding carboxylic acids is 2. The predicted molar refractivity (Wildman–Crippen MR) is 151 cm³/mol. The molecule has 0 spiro atoms. The molecule has 2 aromatic carbocycles. The Hall–Kier alpha value is -3.17. The second-order valence-electron chi connectivity index (χ2n) is 10.6. The summed E-state index contributed by atoms with van der Waals surface area (Å²) in [5.74, 6) is -1.46. The van der Waals surface area contributed by atoms with Crippen molar-refractivity contribution >= 4 is 22.0 Å². The van der Waals surface area contributed by atoms with E-state index < -0.39 is 22.0 Å². The molecule has 5 rings (SSSR count). The third kappa shape index (κ3) is 6.36. The van der Waals surface area contributed by atoms with Crippen molar-refractivity contribution in [2.75, 3.05) is 39.3 Å². The summed E-state index contributed by atoms with van der Waals surface area (Å²) >= 11 is 0. The van der Waals surface area contributed by atoms with Gasteiger partial charge in [0.05, 0.1) is 0 Å². The van der Waals surface area contributed by atoms with Crippen LogP contribution in [0.2, 0.25) is 0 Å². The van der Waals surface area contributed by atoms with Crippen LogP contribution in [0.15, 0.2) is 72.4 Å². The first-order valence-corrected chi connectivity index (χ1v) is 15.5. The lowest BCUT2D eigenvalue weighted by molar-refractivity contribution is -0.132. The van der Waals surface area contributed by atoms with Crippen molar-refractivity contribution in [2.24, 2.45) is 0 Å². The van der Waals surface area contributed by atoms with Crippen LogP contribution in [0.25, 0.3) is 0 Å². The zero-order valence-corrected chi connectivity index (χ0v) is 23.3. The van der Waals surface area contributed by atoms with Crippen LogP contribution in [0.5, 0.6) is 0 Å². The van der Waals surface area contributed by atoms with E-state index >= 15 is 0 Å². The van der Waals surface area contributed by atoms with Crippen LogP contribution in [0.3, 0.4) is 0 Å². The molecular weight excluding hydrogens is 512 g/mol. The predicted octanol–water partition coefficient (Wildman–Crippen LogP) is 3.22. The van der Waals surface area contributed by atoms with Gasteiger partial charge in [-0.25, -0.2) is 8.61 Å².